The lowest BCUT2D eigenvalue weighted by Crippen LogP contribution is -2.34. The molecule has 2 nitrogen and oxygen atoms in total. The van der Waals surface area contributed by atoms with Crippen LogP contribution in [0.15, 0.2) is 0 Å². The Balaban J connectivity index is 4.75. The summed E-state index contributed by atoms with van der Waals surface area (Å²) >= 11 is 0. The minimum Gasteiger partial charge on any atom is -0.140 e. The Morgan fingerprint density at radius 3 is 1.79 bits per heavy atom. The molecule has 0 aliphatic carbocycles. The molecule has 114 valence electrons. The van der Waals surface area contributed by atoms with Gasteiger partial charge in [-0.1, -0.05) is 40.5 Å². The van der Waals surface area contributed by atoms with Crippen LogP contribution in [0.2, 0.25) is 0 Å². The van der Waals surface area contributed by atoms with E-state index in [-0.39, 0.29) is 10.8 Å². The molecule has 0 saturated heterocycles. The van der Waals surface area contributed by atoms with Gasteiger partial charge in [0.1, 0.15) is 5.60 Å². The van der Waals surface area contributed by atoms with Crippen LogP contribution in [0.25, 0.3) is 0 Å². The molecule has 0 fully saturated rings. The summed E-state index contributed by atoms with van der Waals surface area (Å²) in [6.07, 6.45) is 4.48. The van der Waals surface area contributed by atoms with Crippen LogP contribution in [-0.2, 0) is 9.09 Å². The Kier molecular flexibility index (Phi) is 7.76. The Morgan fingerprint density at radius 1 is 0.947 bits per heavy atom. The van der Waals surface area contributed by atoms with Gasteiger partial charge in [-0.15, -0.1) is 4.52 Å². The first-order chi connectivity index (χ1) is 8.59. The van der Waals surface area contributed by atoms with Crippen LogP contribution >= 0.6 is 8.03 Å². The molecule has 19 heavy (non-hydrogen) atoms. The molecule has 0 aromatic rings. The van der Waals surface area contributed by atoms with Crippen molar-refractivity contribution in [3.8, 4) is 0 Å². The zero-order valence-corrected chi connectivity index (χ0v) is 15.1. The summed E-state index contributed by atoms with van der Waals surface area (Å²) in [5.74, 6) is 0.840. The first-order valence-corrected chi connectivity index (χ1v) is 8.93. The van der Waals surface area contributed by atoms with E-state index in [0.29, 0.717) is 11.8 Å². The fourth-order valence-corrected chi connectivity index (χ4v) is 3.50. The molecular weight excluding hydrogens is 255 g/mol. The summed E-state index contributed by atoms with van der Waals surface area (Å²) in [7, 11) is -1.66. The van der Waals surface area contributed by atoms with Crippen LogP contribution in [0.3, 0.4) is 0 Å². The van der Waals surface area contributed by atoms with Gasteiger partial charge in [-0.25, -0.2) is 0 Å². The van der Waals surface area contributed by atoms with Crippen molar-refractivity contribution in [2.24, 2.45) is 11.8 Å². The monoisotopic (exact) mass is 289 g/mol. The summed E-state index contributed by atoms with van der Waals surface area (Å²) in [6.45, 7) is 17.0. The standard InChI is InChI=1S/C16H34O2P/c1-9-11-13(3)15(5,6)18-19(17)16(7,8)14(4)12-10-2/h13-14H,9-12H2,1-8H3/q+1. The smallest absolute Gasteiger partial charge is 0.140 e. The van der Waals surface area contributed by atoms with Crippen molar-refractivity contribution in [3.05, 3.63) is 0 Å². The van der Waals surface area contributed by atoms with Crippen molar-refractivity contribution < 1.29 is 9.09 Å². The highest BCUT2D eigenvalue weighted by molar-refractivity contribution is 7.41. The third-order valence-electron chi connectivity index (χ3n) is 4.62. The lowest BCUT2D eigenvalue weighted by atomic mass is 9.89. The first kappa shape index (κ1) is 19.1. The second-order valence-corrected chi connectivity index (χ2v) is 8.83. The minimum absolute atomic E-state index is 0.255. The SMILES string of the molecule is CCCC(C)C(C)(C)O[P+](=O)C(C)(C)C(C)CCC. The van der Waals surface area contributed by atoms with Crippen LogP contribution in [0.4, 0.5) is 0 Å². The van der Waals surface area contributed by atoms with E-state index in [9.17, 15) is 4.57 Å². The number of hydrogen-bond acceptors (Lipinski definition) is 2. The maximum absolute atomic E-state index is 12.6. The van der Waals surface area contributed by atoms with Crippen LogP contribution < -0.4 is 0 Å². The molecule has 0 saturated carbocycles. The van der Waals surface area contributed by atoms with Crippen molar-refractivity contribution in [2.75, 3.05) is 0 Å². The zero-order chi connectivity index (χ0) is 15.3. The molecule has 0 heterocycles. The molecule has 0 radical (unpaired) electrons. The molecule has 0 amide bonds. The molecule has 0 aromatic carbocycles. The number of hydrogen-bond donors (Lipinski definition) is 0. The Labute approximate surface area is 121 Å². The van der Waals surface area contributed by atoms with Gasteiger partial charge in [0.15, 0.2) is 5.16 Å². The van der Waals surface area contributed by atoms with Crippen LogP contribution in [-0.4, -0.2) is 10.8 Å². The summed E-state index contributed by atoms with van der Waals surface area (Å²) in [5, 5.41) is -0.255. The fourth-order valence-electron chi connectivity index (χ4n) is 2.17. The van der Waals surface area contributed by atoms with E-state index in [1.165, 1.54) is 0 Å². The molecule has 3 atom stereocenters. The molecular formula is C16H34O2P+. The van der Waals surface area contributed by atoms with Gasteiger partial charge in [0, 0.05) is 5.92 Å². The van der Waals surface area contributed by atoms with Gasteiger partial charge in [-0.2, -0.15) is 0 Å². The predicted molar refractivity (Wildman–Crippen MR) is 85.0 cm³/mol. The molecule has 3 unspecified atom stereocenters. The van der Waals surface area contributed by atoms with E-state index in [1.807, 2.05) is 0 Å². The van der Waals surface area contributed by atoms with Gasteiger partial charge in [0.25, 0.3) is 0 Å². The Hall–Kier alpha value is 0.0600. The van der Waals surface area contributed by atoms with Crippen molar-refractivity contribution >= 4 is 8.03 Å². The molecule has 0 N–H and O–H groups in total. The van der Waals surface area contributed by atoms with E-state index in [0.717, 1.165) is 25.7 Å². The van der Waals surface area contributed by atoms with Crippen molar-refractivity contribution in [1.29, 1.82) is 0 Å². The summed E-state index contributed by atoms with van der Waals surface area (Å²) in [4.78, 5) is 0. The zero-order valence-electron chi connectivity index (χ0n) is 14.2. The second-order valence-electron chi connectivity index (χ2n) is 6.98. The lowest BCUT2D eigenvalue weighted by molar-refractivity contribution is 0.0511. The molecule has 0 aliphatic rings. The summed E-state index contributed by atoms with van der Waals surface area (Å²) < 4.78 is 18.6. The maximum Gasteiger partial charge on any atom is 0.514 e. The average molecular weight is 289 g/mol. The minimum atomic E-state index is -1.66. The quantitative estimate of drug-likeness (QED) is 0.474. The third-order valence-corrected chi connectivity index (χ3v) is 6.64. The van der Waals surface area contributed by atoms with E-state index in [1.54, 1.807) is 0 Å². The normalized spacial score (nSPS) is 17.2. The van der Waals surface area contributed by atoms with Gasteiger partial charge in [0.05, 0.1) is 0 Å². The lowest BCUT2D eigenvalue weighted by Gasteiger charge is -2.29. The van der Waals surface area contributed by atoms with E-state index < -0.39 is 8.03 Å². The largest absolute Gasteiger partial charge is 0.514 e. The van der Waals surface area contributed by atoms with Crippen molar-refractivity contribution in [3.63, 3.8) is 0 Å². The highest BCUT2D eigenvalue weighted by Gasteiger charge is 2.50. The Bertz CT molecular complexity index is 284. The van der Waals surface area contributed by atoms with E-state index >= 15 is 0 Å². The maximum atomic E-state index is 12.6. The van der Waals surface area contributed by atoms with Crippen LogP contribution in [0.5, 0.6) is 0 Å². The highest BCUT2D eigenvalue weighted by Crippen LogP contribution is 2.50. The van der Waals surface area contributed by atoms with Gasteiger partial charge in [0.2, 0.25) is 0 Å². The van der Waals surface area contributed by atoms with Crippen LogP contribution in [0, 0.1) is 11.8 Å². The predicted octanol–water partition coefficient (Wildman–Crippen LogP) is 6.18. The second kappa shape index (κ2) is 7.74. The molecule has 0 aliphatic heterocycles. The molecule has 0 spiro atoms. The highest BCUT2D eigenvalue weighted by atomic mass is 31.1. The van der Waals surface area contributed by atoms with Gasteiger partial charge >= 0.3 is 8.03 Å². The first-order valence-electron chi connectivity index (χ1n) is 7.76. The fraction of sp³-hybridized carbons (Fsp3) is 1.00. The number of rotatable bonds is 9. The van der Waals surface area contributed by atoms with E-state index in [4.69, 9.17) is 4.52 Å². The van der Waals surface area contributed by atoms with Gasteiger partial charge in [-0.3, -0.25) is 0 Å². The van der Waals surface area contributed by atoms with Crippen molar-refractivity contribution in [1.82, 2.24) is 0 Å². The topological polar surface area (TPSA) is 26.3 Å². The van der Waals surface area contributed by atoms with Gasteiger partial charge < -0.3 is 0 Å². The molecule has 0 aromatic heterocycles. The Morgan fingerprint density at radius 2 is 1.37 bits per heavy atom. The van der Waals surface area contributed by atoms with Crippen LogP contribution in [0.1, 0.15) is 81.1 Å². The molecule has 3 heteroatoms. The molecule has 0 rings (SSSR count). The van der Waals surface area contributed by atoms with E-state index in [2.05, 4.69) is 55.4 Å². The summed E-state index contributed by atoms with van der Waals surface area (Å²) in [5.41, 5.74) is -0.313. The molecule has 0 bridgehead atoms. The third kappa shape index (κ3) is 5.52. The average Bonchev–Trinajstić information content (AvgIpc) is 2.28. The van der Waals surface area contributed by atoms with Crippen molar-refractivity contribution in [2.45, 2.75) is 91.8 Å². The van der Waals surface area contributed by atoms with Gasteiger partial charge in [-0.05, 0) is 51.0 Å². The summed E-state index contributed by atoms with van der Waals surface area (Å²) in [6, 6.07) is 0.